The van der Waals surface area contributed by atoms with E-state index in [1.54, 1.807) is 7.11 Å². The number of nitrogen functional groups attached to an aromatic ring is 1. The molecule has 0 saturated carbocycles. The van der Waals surface area contributed by atoms with Crippen LogP contribution >= 0.6 is 0 Å². The SMILES string of the molecule is COc1cc(C=CCCN)ccc1N. The number of hydrogen-bond acceptors (Lipinski definition) is 3. The van der Waals surface area contributed by atoms with Crippen LogP contribution in [0.5, 0.6) is 5.75 Å². The maximum absolute atomic E-state index is 5.69. The zero-order valence-electron chi connectivity index (χ0n) is 8.36. The molecule has 76 valence electrons. The van der Waals surface area contributed by atoms with E-state index >= 15 is 0 Å². The van der Waals surface area contributed by atoms with Crippen molar-refractivity contribution in [2.24, 2.45) is 5.73 Å². The Kier molecular flexibility index (Phi) is 4.01. The van der Waals surface area contributed by atoms with Gasteiger partial charge in [-0.15, -0.1) is 0 Å². The summed E-state index contributed by atoms with van der Waals surface area (Å²) in [5, 5.41) is 0. The minimum absolute atomic E-state index is 0.656. The van der Waals surface area contributed by atoms with Gasteiger partial charge in [0.25, 0.3) is 0 Å². The predicted octanol–water partition coefficient (Wildman–Crippen LogP) is 1.64. The van der Waals surface area contributed by atoms with Crippen molar-refractivity contribution in [1.29, 1.82) is 0 Å². The molecule has 1 aromatic rings. The molecule has 1 rings (SSSR count). The molecule has 14 heavy (non-hydrogen) atoms. The van der Waals surface area contributed by atoms with Gasteiger partial charge in [0.1, 0.15) is 5.75 Å². The van der Waals surface area contributed by atoms with Crippen LogP contribution in [0, 0.1) is 0 Å². The normalized spacial score (nSPS) is 10.7. The predicted molar refractivity (Wildman–Crippen MR) is 60.1 cm³/mol. The van der Waals surface area contributed by atoms with Gasteiger partial charge in [-0.1, -0.05) is 18.2 Å². The van der Waals surface area contributed by atoms with Gasteiger partial charge in [0.15, 0.2) is 0 Å². The minimum Gasteiger partial charge on any atom is -0.495 e. The Bertz CT molecular complexity index is 321. The van der Waals surface area contributed by atoms with Gasteiger partial charge in [0.05, 0.1) is 12.8 Å². The van der Waals surface area contributed by atoms with Gasteiger partial charge in [-0.2, -0.15) is 0 Å². The van der Waals surface area contributed by atoms with E-state index in [0.717, 1.165) is 12.0 Å². The van der Waals surface area contributed by atoms with Crippen LogP contribution in [0.3, 0.4) is 0 Å². The van der Waals surface area contributed by atoms with E-state index in [1.807, 2.05) is 30.4 Å². The number of hydrogen-bond donors (Lipinski definition) is 2. The number of nitrogens with two attached hydrogens (primary N) is 2. The maximum Gasteiger partial charge on any atom is 0.142 e. The standard InChI is InChI=1S/C11H16N2O/c1-14-11-8-9(4-2-3-7-12)5-6-10(11)13/h2,4-6,8H,3,7,12-13H2,1H3. The molecule has 0 aliphatic heterocycles. The van der Waals surface area contributed by atoms with Gasteiger partial charge < -0.3 is 16.2 Å². The van der Waals surface area contributed by atoms with E-state index in [4.69, 9.17) is 16.2 Å². The molecular weight excluding hydrogens is 176 g/mol. The van der Waals surface area contributed by atoms with Crippen molar-refractivity contribution < 1.29 is 4.74 Å². The molecule has 0 fully saturated rings. The highest BCUT2D eigenvalue weighted by molar-refractivity contribution is 5.61. The van der Waals surface area contributed by atoms with Crippen molar-refractivity contribution in [3.63, 3.8) is 0 Å². The van der Waals surface area contributed by atoms with E-state index in [-0.39, 0.29) is 0 Å². The molecule has 0 radical (unpaired) electrons. The molecule has 4 N–H and O–H groups in total. The third kappa shape index (κ3) is 2.78. The molecule has 1 aromatic carbocycles. The fourth-order valence-electron chi connectivity index (χ4n) is 1.15. The number of benzene rings is 1. The quantitative estimate of drug-likeness (QED) is 0.713. The Morgan fingerprint density at radius 3 is 2.86 bits per heavy atom. The van der Waals surface area contributed by atoms with Crippen molar-refractivity contribution in [3.05, 3.63) is 29.8 Å². The van der Waals surface area contributed by atoms with Gasteiger partial charge >= 0.3 is 0 Å². The van der Waals surface area contributed by atoms with Gasteiger partial charge in [-0.05, 0) is 30.7 Å². The van der Waals surface area contributed by atoms with E-state index in [2.05, 4.69) is 0 Å². The highest BCUT2D eigenvalue weighted by Crippen LogP contribution is 2.22. The van der Waals surface area contributed by atoms with Crippen molar-refractivity contribution in [3.8, 4) is 5.75 Å². The average molecular weight is 192 g/mol. The minimum atomic E-state index is 0.656. The molecule has 0 unspecified atom stereocenters. The van der Waals surface area contributed by atoms with Gasteiger partial charge in [0, 0.05) is 0 Å². The zero-order valence-corrected chi connectivity index (χ0v) is 8.36. The first-order chi connectivity index (χ1) is 6.77. The molecule has 0 atom stereocenters. The smallest absolute Gasteiger partial charge is 0.142 e. The average Bonchev–Trinajstić information content (AvgIpc) is 2.21. The fraction of sp³-hybridized carbons (Fsp3) is 0.273. The molecule has 0 amide bonds. The Labute approximate surface area is 84.4 Å². The lowest BCUT2D eigenvalue weighted by Crippen LogP contribution is -1.95. The molecule has 0 aromatic heterocycles. The molecule has 0 heterocycles. The Morgan fingerprint density at radius 2 is 2.21 bits per heavy atom. The molecular formula is C11H16N2O. The van der Waals surface area contributed by atoms with Crippen molar-refractivity contribution in [2.45, 2.75) is 6.42 Å². The van der Waals surface area contributed by atoms with Gasteiger partial charge in [-0.25, -0.2) is 0 Å². The first-order valence-electron chi connectivity index (χ1n) is 4.58. The molecule has 3 nitrogen and oxygen atoms in total. The summed E-state index contributed by atoms with van der Waals surface area (Å²) in [7, 11) is 1.61. The molecule has 0 spiro atoms. The second-order valence-corrected chi connectivity index (χ2v) is 2.98. The highest BCUT2D eigenvalue weighted by atomic mass is 16.5. The van der Waals surface area contributed by atoms with Crippen molar-refractivity contribution >= 4 is 11.8 Å². The van der Waals surface area contributed by atoms with Crippen LogP contribution in [0.15, 0.2) is 24.3 Å². The molecule has 0 bridgehead atoms. The number of rotatable bonds is 4. The summed E-state index contributed by atoms with van der Waals surface area (Å²) in [5.41, 5.74) is 12.8. The first-order valence-corrected chi connectivity index (χ1v) is 4.58. The number of ether oxygens (including phenoxy) is 1. The van der Waals surface area contributed by atoms with Crippen molar-refractivity contribution in [1.82, 2.24) is 0 Å². The maximum atomic E-state index is 5.69. The summed E-state index contributed by atoms with van der Waals surface area (Å²) in [6, 6.07) is 5.69. The third-order valence-electron chi connectivity index (χ3n) is 1.90. The molecule has 0 saturated heterocycles. The van der Waals surface area contributed by atoms with Gasteiger partial charge in [-0.3, -0.25) is 0 Å². The fourth-order valence-corrected chi connectivity index (χ4v) is 1.15. The monoisotopic (exact) mass is 192 g/mol. The highest BCUT2D eigenvalue weighted by Gasteiger charge is 1.97. The van der Waals surface area contributed by atoms with Crippen molar-refractivity contribution in [2.75, 3.05) is 19.4 Å². The Balaban J connectivity index is 2.79. The lowest BCUT2D eigenvalue weighted by molar-refractivity contribution is 0.417. The zero-order chi connectivity index (χ0) is 10.4. The molecule has 3 heteroatoms. The third-order valence-corrected chi connectivity index (χ3v) is 1.90. The van der Waals surface area contributed by atoms with E-state index < -0.39 is 0 Å². The number of anilines is 1. The Hall–Kier alpha value is -1.48. The van der Waals surface area contributed by atoms with Crippen LogP contribution in [0.25, 0.3) is 6.08 Å². The summed E-state index contributed by atoms with van der Waals surface area (Å²) in [6.45, 7) is 0.669. The van der Waals surface area contributed by atoms with Crippen LogP contribution in [0.2, 0.25) is 0 Å². The lowest BCUT2D eigenvalue weighted by atomic mass is 10.1. The summed E-state index contributed by atoms with van der Waals surface area (Å²) in [6.07, 6.45) is 4.92. The van der Waals surface area contributed by atoms with Crippen LogP contribution in [0.1, 0.15) is 12.0 Å². The van der Waals surface area contributed by atoms with Crippen LogP contribution < -0.4 is 16.2 Å². The topological polar surface area (TPSA) is 61.3 Å². The summed E-state index contributed by atoms with van der Waals surface area (Å²) < 4.78 is 5.11. The van der Waals surface area contributed by atoms with E-state index in [1.165, 1.54) is 0 Å². The summed E-state index contributed by atoms with van der Waals surface area (Å²) in [4.78, 5) is 0. The lowest BCUT2D eigenvalue weighted by Gasteiger charge is -2.04. The van der Waals surface area contributed by atoms with E-state index in [9.17, 15) is 0 Å². The van der Waals surface area contributed by atoms with Crippen LogP contribution in [-0.4, -0.2) is 13.7 Å². The first kappa shape index (κ1) is 10.6. The largest absolute Gasteiger partial charge is 0.495 e. The Morgan fingerprint density at radius 1 is 1.43 bits per heavy atom. The van der Waals surface area contributed by atoms with Crippen LogP contribution in [0.4, 0.5) is 5.69 Å². The molecule has 0 aliphatic carbocycles. The second-order valence-electron chi connectivity index (χ2n) is 2.98. The summed E-state index contributed by atoms with van der Waals surface area (Å²) >= 11 is 0. The van der Waals surface area contributed by atoms with Crippen LogP contribution in [-0.2, 0) is 0 Å². The number of methoxy groups -OCH3 is 1. The second kappa shape index (κ2) is 5.29. The van der Waals surface area contributed by atoms with Gasteiger partial charge in [0.2, 0.25) is 0 Å². The summed E-state index contributed by atoms with van der Waals surface area (Å²) in [5.74, 6) is 0.708. The van der Waals surface area contributed by atoms with E-state index in [0.29, 0.717) is 18.0 Å². The molecule has 0 aliphatic rings.